The van der Waals surface area contributed by atoms with Crippen molar-refractivity contribution >= 4 is 16.7 Å². The molecule has 0 spiro atoms. The molecule has 0 radical (unpaired) electrons. The van der Waals surface area contributed by atoms with Gasteiger partial charge < -0.3 is 10.3 Å². The lowest BCUT2D eigenvalue weighted by Gasteiger charge is -2.06. The van der Waals surface area contributed by atoms with E-state index < -0.39 is 0 Å². The Hall–Kier alpha value is -2.62. The van der Waals surface area contributed by atoms with Crippen molar-refractivity contribution in [3.8, 4) is 11.4 Å². The molecule has 0 fully saturated rings. The van der Waals surface area contributed by atoms with Crippen LogP contribution in [0.4, 0.5) is 10.1 Å². The van der Waals surface area contributed by atoms with E-state index in [-0.39, 0.29) is 5.82 Å². The molecule has 20 heavy (non-hydrogen) atoms. The van der Waals surface area contributed by atoms with Gasteiger partial charge in [-0.2, -0.15) is 0 Å². The normalized spacial score (nSPS) is 10.8. The van der Waals surface area contributed by atoms with Gasteiger partial charge in [-0.05, 0) is 24.3 Å². The summed E-state index contributed by atoms with van der Waals surface area (Å²) in [6, 6.07) is 12.0. The molecule has 3 rings (SSSR count). The lowest BCUT2D eigenvalue weighted by Crippen LogP contribution is -1.98. The Balaban J connectivity index is 2.31. The minimum atomic E-state index is -0.285. The summed E-state index contributed by atoms with van der Waals surface area (Å²) in [5.41, 5.74) is 8.96. The lowest BCUT2D eigenvalue weighted by atomic mass is 10.2. The first-order valence-electron chi connectivity index (χ1n) is 6.32. The Kier molecular flexibility index (Phi) is 2.99. The Morgan fingerprint density at radius 1 is 1.25 bits per heavy atom. The summed E-state index contributed by atoms with van der Waals surface area (Å²) in [7, 11) is 0. The highest BCUT2D eigenvalue weighted by Crippen LogP contribution is 2.28. The third-order valence-corrected chi connectivity index (χ3v) is 3.20. The molecular formula is C16H14FN3. The van der Waals surface area contributed by atoms with Crippen molar-refractivity contribution in [2.24, 2.45) is 0 Å². The van der Waals surface area contributed by atoms with Crippen LogP contribution >= 0.6 is 0 Å². The summed E-state index contributed by atoms with van der Waals surface area (Å²) >= 11 is 0. The maximum absolute atomic E-state index is 13.4. The van der Waals surface area contributed by atoms with Gasteiger partial charge in [0, 0.05) is 12.1 Å². The Morgan fingerprint density at radius 3 is 2.80 bits per heavy atom. The number of benzene rings is 2. The van der Waals surface area contributed by atoms with E-state index in [0.29, 0.717) is 18.1 Å². The zero-order valence-corrected chi connectivity index (χ0v) is 10.9. The quantitative estimate of drug-likeness (QED) is 0.582. The molecule has 0 saturated heterocycles. The summed E-state index contributed by atoms with van der Waals surface area (Å²) in [6.45, 7) is 4.35. The van der Waals surface area contributed by atoms with Gasteiger partial charge in [0.2, 0.25) is 0 Å². The molecule has 3 nitrogen and oxygen atoms in total. The average Bonchev–Trinajstić information content (AvgIpc) is 2.80. The van der Waals surface area contributed by atoms with Crippen molar-refractivity contribution in [2.75, 3.05) is 5.73 Å². The predicted octanol–water partition coefficient (Wildman–Crippen LogP) is 3.61. The molecular weight excluding hydrogens is 253 g/mol. The standard InChI is InChI=1S/C16H14FN3/c1-2-9-20-14-8-4-7-13(18)15(14)19-16(20)11-5-3-6-12(17)10-11/h2-8,10H,1,9,18H2. The molecule has 2 N–H and O–H groups in total. The van der Waals surface area contributed by atoms with E-state index >= 15 is 0 Å². The van der Waals surface area contributed by atoms with Crippen molar-refractivity contribution in [1.82, 2.24) is 9.55 Å². The van der Waals surface area contributed by atoms with Gasteiger partial charge in [0.05, 0.1) is 11.2 Å². The fourth-order valence-electron chi connectivity index (χ4n) is 2.33. The van der Waals surface area contributed by atoms with Gasteiger partial charge in [-0.25, -0.2) is 9.37 Å². The first-order valence-corrected chi connectivity index (χ1v) is 6.32. The molecule has 0 aliphatic carbocycles. The van der Waals surface area contributed by atoms with Crippen LogP contribution in [0.25, 0.3) is 22.4 Å². The first-order chi connectivity index (χ1) is 9.70. The number of aromatic nitrogens is 2. The van der Waals surface area contributed by atoms with Crippen LogP contribution in [0.5, 0.6) is 0 Å². The highest BCUT2D eigenvalue weighted by Gasteiger charge is 2.13. The SMILES string of the molecule is C=CCn1c(-c2cccc(F)c2)nc2c(N)cccc21. The molecule has 2 aromatic carbocycles. The maximum atomic E-state index is 13.4. The van der Waals surface area contributed by atoms with E-state index in [2.05, 4.69) is 11.6 Å². The summed E-state index contributed by atoms with van der Waals surface area (Å²) in [5.74, 6) is 0.407. The molecule has 0 atom stereocenters. The van der Waals surface area contributed by atoms with Crippen LogP contribution in [0.15, 0.2) is 55.1 Å². The zero-order valence-electron chi connectivity index (χ0n) is 10.9. The van der Waals surface area contributed by atoms with Crippen molar-refractivity contribution in [2.45, 2.75) is 6.54 Å². The van der Waals surface area contributed by atoms with E-state index in [9.17, 15) is 4.39 Å². The highest BCUT2D eigenvalue weighted by molar-refractivity contribution is 5.90. The number of anilines is 1. The summed E-state index contributed by atoms with van der Waals surface area (Å²) in [5, 5.41) is 0. The molecule has 4 heteroatoms. The Morgan fingerprint density at radius 2 is 2.05 bits per heavy atom. The minimum absolute atomic E-state index is 0.285. The molecule has 0 amide bonds. The molecule has 100 valence electrons. The molecule has 1 aromatic heterocycles. The van der Waals surface area contributed by atoms with Gasteiger partial charge in [0.25, 0.3) is 0 Å². The number of nitrogens with two attached hydrogens (primary N) is 1. The van der Waals surface area contributed by atoms with Crippen LogP contribution in [0.1, 0.15) is 0 Å². The number of imidazole rings is 1. The molecule has 0 bridgehead atoms. The predicted molar refractivity (Wildman–Crippen MR) is 79.7 cm³/mol. The third kappa shape index (κ3) is 1.95. The second-order valence-electron chi connectivity index (χ2n) is 4.56. The smallest absolute Gasteiger partial charge is 0.141 e. The van der Waals surface area contributed by atoms with Crippen LogP contribution in [0, 0.1) is 5.82 Å². The monoisotopic (exact) mass is 267 g/mol. The molecule has 0 unspecified atom stereocenters. The Bertz CT molecular complexity index is 790. The average molecular weight is 267 g/mol. The fraction of sp³-hybridized carbons (Fsp3) is 0.0625. The number of allylic oxidation sites excluding steroid dienone is 1. The number of nitrogen functional groups attached to an aromatic ring is 1. The summed E-state index contributed by atoms with van der Waals surface area (Å²) in [4.78, 5) is 4.57. The van der Waals surface area contributed by atoms with E-state index in [1.54, 1.807) is 12.1 Å². The second kappa shape index (κ2) is 4.81. The van der Waals surface area contributed by atoms with Crippen LogP contribution in [-0.2, 0) is 6.54 Å². The largest absolute Gasteiger partial charge is 0.397 e. The van der Waals surface area contributed by atoms with Gasteiger partial charge in [-0.1, -0.05) is 24.3 Å². The minimum Gasteiger partial charge on any atom is -0.397 e. The van der Waals surface area contributed by atoms with E-state index in [1.807, 2.05) is 28.8 Å². The number of hydrogen-bond acceptors (Lipinski definition) is 2. The van der Waals surface area contributed by atoms with Crippen molar-refractivity contribution in [3.05, 3.63) is 60.9 Å². The topological polar surface area (TPSA) is 43.8 Å². The van der Waals surface area contributed by atoms with Gasteiger partial charge in [-0.15, -0.1) is 6.58 Å². The first kappa shape index (κ1) is 12.4. The molecule has 0 aliphatic heterocycles. The molecule has 1 heterocycles. The van der Waals surface area contributed by atoms with E-state index in [0.717, 1.165) is 16.6 Å². The molecule has 0 saturated carbocycles. The fourth-order valence-corrected chi connectivity index (χ4v) is 2.33. The van der Waals surface area contributed by atoms with E-state index in [4.69, 9.17) is 5.73 Å². The number of rotatable bonds is 3. The zero-order chi connectivity index (χ0) is 14.1. The van der Waals surface area contributed by atoms with Gasteiger partial charge in [0.15, 0.2) is 0 Å². The Labute approximate surface area is 116 Å². The molecule has 0 aliphatic rings. The molecule has 3 aromatic rings. The lowest BCUT2D eigenvalue weighted by molar-refractivity contribution is 0.628. The number of hydrogen-bond donors (Lipinski definition) is 1. The van der Waals surface area contributed by atoms with Crippen LogP contribution in [0.2, 0.25) is 0 Å². The van der Waals surface area contributed by atoms with Crippen molar-refractivity contribution in [3.63, 3.8) is 0 Å². The number of nitrogens with zero attached hydrogens (tertiary/aromatic N) is 2. The number of fused-ring (bicyclic) bond motifs is 1. The van der Waals surface area contributed by atoms with Crippen molar-refractivity contribution < 1.29 is 4.39 Å². The third-order valence-electron chi connectivity index (χ3n) is 3.20. The van der Waals surface area contributed by atoms with Crippen LogP contribution < -0.4 is 5.73 Å². The van der Waals surface area contributed by atoms with Crippen molar-refractivity contribution in [1.29, 1.82) is 0 Å². The van der Waals surface area contributed by atoms with Gasteiger partial charge in [-0.3, -0.25) is 0 Å². The number of halogens is 1. The summed E-state index contributed by atoms with van der Waals surface area (Å²) < 4.78 is 15.4. The van der Waals surface area contributed by atoms with Gasteiger partial charge in [0.1, 0.15) is 17.2 Å². The van der Waals surface area contributed by atoms with Crippen LogP contribution in [0.3, 0.4) is 0 Å². The van der Waals surface area contributed by atoms with Gasteiger partial charge >= 0.3 is 0 Å². The second-order valence-corrected chi connectivity index (χ2v) is 4.56. The number of para-hydroxylation sites is 1. The highest BCUT2D eigenvalue weighted by atomic mass is 19.1. The van der Waals surface area contributed by atoms with E-state index in [1.165, 1.54) is 12.1 Å². The maximum Gasteiger partial charge on any atom is 0.141 e. The van der Waals surface area contributed by atoms with Crippen LogP contribution in [-0.4, -0.2) is 9.55 Å². The summed E-state index contributed by atoms with van der Waals surface area (Å²) in [6.07, 6.45) is 1.78.